The molecule has 0 saturated heterocycles. The monoisotopic (exact) mass is 254 g/mol. The van der Waals surface area contributed by atoms with Crippen molar-refractivity contribution in [2.24, 2.45) is 0 Å². The van der Waals surface area contributed by atoms with E-state index in [1.807, 2.05) is 0 Å². The Bertz CT molecular complexity index is 243. The molecule has 104 valence electrons. The second-order valence-electron chi connectivity index (χ2n) is 4.61. The first-order chi connectivity index (χ1) is 8.70. The predicted molar refractivity (Wildman–Crippen MR) is 73.0 cm³/mol. The van der Waals surface area contributed by atoms with E-state index in [0.717, 1.165) is 38.5 Å². The van der Waals surface area contributed by atoms with Gasteiger partial charge in [0.25, 0.3) is 0 Å². The Morgan fingerprint density at radius 2 is 1.78 bits per heavy atom. The van der Waals surface area contributed by atoms with Gasteiger partial charge in [-0.2, -0.15) is 0 Å². The van der Waals surface area contributed by atoms with E-state index in [0.29, 0.717) is 13.0 Å². The molecule has 0 amide bonds. The lowest BCUT2D eigenvalue weighted by atomic mass is 10.0. The summed E-state index contributed by atoms with van der Waals surface area (Å²) < 4.78 is 5.23. The smallest absolute Gasteiger partial charge is 0.302 e. The summed E-state index contributed by atoms with van der Waals surface area (Å²) in [6, 6.07) is 0. The van der Waals surface area contributed by atoms with Gasteiger partial charge in [-0.1, -0.05) is 25.7 Å². The fraction of sp³-hybridized carbons (Fsp3) is 0.800. The quantitative estimate of drug-likeness (QED) is 0.350. The van der Waals surface area contributed by atoms with Gasteiger partial charge < -0.3 is 9.84 Å². The third-order valence-electron chi connectivity index (χ3n) is 2.88. The van der Waals surface area contributed by atoms with Crippen LogP contribution in [0.25, 0.3) is 0 Å². The van der Waals surface area contributed by atoms with E-state index in [4.69, 9.17) is 16.3 Å². The molecule has 0 heterocycles. The van der Waals surface area contributed by atoms with Crippen molar-refractivity contribution in [3.63, 3.8) is 0 Å². The van der Waals surface area contributed by atoms with E-state index in [9.17, 15) is 4.79 Å². The Morgan fingerprint density at radius 1 is 1.17 bits per heavy atom. The summed E-state index contributed by atoms with van der Waals surface area (Å²) in [6.07, 6.45) is 14.1. The topological polar surface area (TPSA) is 46.5 Å². The van der Waals surface area contributed by atoms with Crippen LogP contribution in [0.5, 0.6) is 0 Å². The number of hydrogen-bond acceptors (Lipinski definition) is 3. The minimum absolute atomic E-state index is 0.0176. The van der Waals surface area contributed by atoms with Gasteiger partial charge in [-0.3, -0.25) is 4.79 Å². The minimum atomic E-state index is -0.222. The highest BCUT2D eigenvalue weighted by Gasteiger charge is 2.10. The Balaban J connectivity index is 3.56. The Morgan fingerprint density at radius 3 is 2.33 bits per heavy atom. The number of hydrogen-bond donors (Lipinski definition) is 1. The van der Waals surface area contributed by atoms with Crippen molar-refractivity contribution in [3.05, 3.63) is 0 Å². The van der Waals surface area contributed by atoms with Crippen LogP contribution in [-0.4, -0.2) is 23.8 Å². The Kier molecular flexibility index (Phi) is 11.7. The van der Waals surface area contributed by atoms with Crippen LogP contribution < -0.4 is 0 Å². The van der Waals surface area contributed by atoms with Crippen LogP contribution in [0, 0.1) is 12.3 Å². The molecule has 0 saturated carbocycles. The van der Waals surface area contributed by atoms with E-state index >= 15 is 0 Å². The van der Waals surface area contributed by atoms with Crippen LogP contribution in [0.1, 0.15) is 64.7 Å². The molecule has 0 rings (SSSR count). The number of aliphatic hydroxyl groups is 1. The molecule has 0 radical (unpaired) electrons. The van der Waals surface area contributed by atoms with E-state index in [2.05, 4.69) is 5.92 Å². The van der Waals surface area contributed by atoms with Crippen molar-refractivity contribution in [3.8, 4) is 12.3 Å². The van der Waals surface area contributed by atoms with Gasteiger partial charge in [-0.25, -0.2) is 0 Å². The molecule has 0 aliphatic carbocycles. The van der Waals surface area contributed by atoms with Gasteiger partial charge in [0.1, 0.15) is 6.10 Å². The molecule has 3 nitrogen and oxygen atoms in total. The molecule has 0 bridgehead atoms. The van der Waals surface area contributed by atoms with Crippen molar-refractivity contribution >= 4 is 5.97 Å². The number of carbonyl (C=O) groups is 1. The number of terminal acetylenes is 1. The van der Waals surface area contributed by atoms with Gasteiger partial charge in [0.15, 0.2) is 0 Å². The van der Waals surface area contributed by atoms with Gasteiger partial charge in [0, 0.05) is 20.0 Å². The number of rotatable bonds is 11. The van der Waals surface area contributed by atoms with E-state index in [1.54, 1.807) is 0 Å². The number of ether oxygens (including phenoxy) is 1. The molecule has 0 aromatic rings. The predicted octanol–water partition coefficient (Wildman–Crippen LogP) is 3.05. The lowest BCUT2D eigenvalue weighted by Crippen LogP contribution is -2.16. The highest BCUT2D eigenvalue weighted by atomic mass is 16.5. The standard InChI is InChI=1S/C15H26O3/c1-3-4-11-15(18-14(2)17)12-9-7-5-6-8-10-13-16/h1,15-16H,4-13H2,2H3. The molecular formula is C15H26O3. The first kappa shape index (κ1) is 17.0. The van der Waals surface area contributed by atoms with Gasteiger partial charge in [-0.05, 0) is 25.7 Å². The lowest BCUT2D eigenvalue weighted by molar-refractivity contribution is -0.146. The summed E-state index contributed by atoms with van der Waals surface area (Å²) in [5.74, 6) is 2.36. The number of unbranched alkanes of at least 4 members (excludes halogenated alkanes) is 5. The summed E-state index contributed by atoms with van der Waals surface area (Å²) in [5, 5.41) is 8.64. The summed E-state index contributed by atoms with van der Waals surface area (Å²) in [5.41, 5.74) is 0. The fourth-order valence-corrected chi connectivity index (χ4v) is 1.93. The van der Waals surface area contributed by atoms with Crippen LogP contribution in [0.4, 0.5) is 0 Å². The van der Waals surface area contributed by atoms with Gasteiger partial charge in [-0.15, -0.1) is 12.3 Å². The average Bonchev–Trinajstić information content (AvgIpc) is 2.34. The third-order valence-corrected chi connectivity index (χ3v) is 2.88. The fourth-order valence-electron chi connectivity index (χ4n) is 1.93. The van der Waals surface area contributed by atoms with E-state index in [1.165, 1.54) is 19.8 Å². The molecule has 1 atom stereocenters. The Hall–Kier alpha value is -1.01. The van der Waals surface area contributed by atoms with Crippen LogP contribution in [0.15, 0.2) is 0 Å². The lowest BCUT2D eigenvalue weighted by Gasteiger charge is -2.15. The number of carbonyl (C=O) groups excluding carboxylic acids is 1. The maximum absolute atomic E-state index is 10.9. The van der Waals surface area contributed by atoms with Gasteiger partial charge in [0.05, 0.1) is 0 Å². The van der Waals surface area contributed by atoms with Gasteiger partial charge >= 0.3 is 5.97 Å². The molecule has 1 unspecified atom stereocenters. The number of esters is 1. The largest absolute Gasteiger partial charge is 0.463 e. The Labute approximate surface area is 111 Å². The molecule has 0 aromatic carbocycles. The van der Waals surface area contributed by atoms with Crippen molar-refractivity contribution < 1.29 is 14.6 Å². The van der Waals surface area contributed by atoms with E-state index in [-0.39, 0.29) is 12.1 Å². The number of aliphatic hydroxyl groups excluding tert-OH is 1. The molecule has 1 N–H and O–H groups in total. The average molecular weight is 254 g/mol. The zero-order chi connectivity index (χ0) is 13.6. The zero-order valence-corrected chi connectivity index (χ0v) is 11.5. The third kappa shape index (κ3) is 11.5. The normalized spacial score (nSPS) is 11.8. The van der Waals surface area contributed by atoms with Crippen LogP contribution in [0.3, 0.4) is 0 Å². The van der Waals surface area contributed by atoms with Gasteiger partial charge in [0.2, 0.25) is 0 Å². The second-order valence-corrected chi connectivity index (χ2v) is 4.61. The van der Waals surface area contributed by atoms with Crippen LogP contribution in [0.2, 0.25) is 0 Å². The molecule has 3 heteroatoms. The first-order valence-corrected chi connectivity index (χ1v) is 6.92. The minimum Gasteiger partial charge on any atom is -0.463 e. The second kappa shape index (κ2) is 12.4. The van der Waals surface area contributed by atoms with E-state index < -0.39 is 0 Å². The molecule has 0 aliphatic heterocycles. The summed E-state index contributed by atoms with van der Waals surface area (Å²) >= 11 is 0. The highest BCUT2D eigenvalue weighted by molar-refractivity contribution is 5.66. The zero-order valence-electron chi connectivity index (χ0n) is 11.5. The van der Waals surface area contributed by atoms with Crippen molar-refractivity contribution in [2.75, 3.05) is 6.61 Å². The van der Waals surface area contributed by atoms with Crippen molar-refractivity contribution in [2.45, 2.75) is 70.8 Å². The van der Waals surface area contributed by atoms with Crippen molar-refractivity contribution in [1.82, 2.24) is 0 Å². The summed E-state index contributed by atoms with van der Waals surface area (Å²) in [6.45, 7) is 1.73. The highest BCUT2D eigenvalue weighted by Crippen LogP contribution is 2.14. The van der Waals surface area contributed by atoms with Crippen molar-refractivity contribution in [1.29, 1.82) is 0 Å². The van der Waals surface area contributed by atoms with Crippen LogP contribution in [-0.2, 0) is 9.53 Å². The summed E-state index contributed by atoms with van der Waals surface area (Å²) in [7, 11) is 0. The summed E-state index contributed by atoms with van der Waals surface area (Å²) in [4.78, 5) is 10.9. The maximum Gasteiger partial charge on any atom is 0.302 e. The molecule has 0 aliphatic rings. The molecular weight excluding hydrogens is 228 g/mol. The van der Waals surface area contributed by atoms with Crippen LogP contribution >= 0.6 is 0 Å². The maximum atomic E-state index is 10.9. The molecule has 0 spiro atoms. The SMILES string of the molecule is C#CCCC(CCCCCCCCO)OC(C)=O. The molecule has 18 heavy (non-hydrogen) atoms. The first-order valence-electron chi connectivity index (χ1n) is 6.92. The molecule has 0 fully saturated rings. The molecule has 0 aromatic heterocycles.